The lowest BCUT2D eigenvalue weighted by Crippen LogP contribution is -2.24. The number of aromatic nitrogens is 5. The Balaban J connectivity index is 1.32. The van der Waals surface area contributed by atoms with Gasteiger partial charge in [-0.2, -0.15) is 13.2 Å². The van der Waals surface area contributed by atoms with Crippen molar-refractivity contribution in [2.24, 2.45) is 0 Å². The third-order valence-electron chi connectivity index (χ3n) is 5.07. The molecule has 1 N–H and O–H groups in total. The van der Waals surface area contributed by atoms with Crippen molar-refractivity contribution < 1.29 is 18.0 Å². The summed E-state index contributed by atoms with van der Waals surface area (Å²) in [6.07, 6.45) is -1.85. The number of pyridine rings is 1. The molecule has 5 aromatic rings. The minimum Gasteiger partial charge on any atom is -0.345 e. The van der Waals surface area contributed by atoms with Crippen LogP contribution in [0.15, 0.2) is 73.2 Å². The fourth-order valence-corrected chi connectivity index (χ4v) is 3.43. The molecule has 0 aliphatic heterocycles. The van der Waals surface area contributed by atoms with Crippen LogP contribution in [-0.2, 0) is 12.7 Å². The van der Waals surface area contributed by atoms with Gasteiger partial charge in [-0.05, 0) is 48.5 Å². The maximum absolute atomic E-state index is 13.0. The van der Waals surface area contributed by atoms with Crippen LogP contribution in [0.3, 0.4) is 0 Å². The van der Waals surface area contributed by atoms with Crippen LogP contribution in [0, 0.1) is 0 Å². The van der Waals surface area contributed by atoms with Crippen molar-refractivity contribution in [3.63, 3.8) is 0 Å². The van der Waals surface area contributed by atoms with Crippen molar-refractivity contribution >= 4 is 22.6 Å². The van der Waals surface area contributed by atoms with Crippen molar-refractivity contribution in [2.75, 3.05) is 0 Å². The number of rotatable bonds is 4. The summed E-state index contributed by atoms with van der Waals surface area (Å²) in [4.78, 5) is 16.9. The molecule has 0 fully saturated rings. The zero-order valence-electron chi connectivity index (χ0n) is 16.4. The molecular weight excluding hydrogens is 421 g/mol. The van der Waals surface area contributed by atoms with E-state index in [-0.39, 0.29) is 23.9 Å². The minimum atomic E-state index is -4.48. The zero-order valence-corrected chi connectivity index (χ0v) is 16.4. The van der Waals surface area contributed by atoms with Crippen LogP contribution in [0.5, 0.6) is 0 Å². The normalized spacial score (nSPS) is 11.8. The van der Waals surface area contributed by atoms with E-state index in [0.717, 1.165) is 29.0 Å². The van der Waals surface area contributed by atoms with Crippen molar-refractivity contribution in [1.29, 1.82) is 0 Å². The maximum atomic E-state index is 13.0. The van der Waals surface area contributed by atoms with Gasteiger partial charge in [0.2, 0.25) is 0 Å². The van der Waals surface area contributed by atoms with Crippen LogP contribution >= 0.6 is 0 Å². The Kier molecular flexibility index (Phi) is 4.62. The lowest BCUT2D eigenvalue weighted by Gasteiger charge is -2.09. The number of imidazole rings is 1. The number of halogens is 3. The summed E-state index contributed by atoms with van der Waals surface area (Å²) in [5, 5.41) is 10.4. The highest BCUT2D eigenvalue weighted by Crippen LogP contribution is 2.29. The van der Waals surface area contributed by atoms with Crippen LogP contribution in [0.2, 0.25) is 0 Å². The Morgan fingerprint density at radius 1 is 0.969 bits per heavy atom. The molecule has 1 amide bonds. The van der Waals surface area contributed by atoms with Gasteiger partial charge in [-0.15, -0.1) is 10.2 Å². The fourth-order valence-electron chi connectivity index (χ4n) is 3.43. The Labute approximate surface area is 179 Å². The van der Waals surface area contributed by atoms with Crippen LogP contribution in [-0.4, -0.2) is 30.1 Å². The minimum absolute atomic E-state index is 0.0742. The molecule has 0 aliphatic carbocycles. The average Bonchev–Trinajstić information content (AvgIpc) is 3.41. The molecule has 32 heavy (non-hydrogen) atoms. The molecule has 0 bridgehead atoms. The first-order chi connectivity index (χ1) is 15.4. The molecule has 160 valence electrons. The zero-order chi connectivity index (χ0) is 22.3. The Morgan fingerprint density at radius 2 is 1.75 bits per heavy atom. The van der Waals surface area contributed by atoms with E-state index in [1.807, 2.05) is 28.8 Å². The predicted molar refractivity (Wildman–Crippen MR) is 110 cm³/mol. The quantitative estimate of drug-likeness (QED) is 0.462. The van der Waals surface area contributed by atoms with Gasteiger partial charge in [-0.3, -0.25) is 13.8 Å². The summed E-state index contributed by atoms with van der Waals surface area (Å²) < 4.78 is 42.1. The monoisotopic (exact) mass is 436 g/mol. The molecule has 3 heterocycles. The summed E-state index contributed by atoms with van der Waals surface area (Å²) in [6.45, 7) is -0.0742. The number of carbonyl (C=O) groups excluding carboxylic acids is 1. The second kappa shape index (κ2) is 7.49. The highest BCUT2D eigenvalue weighted by molar-refractivity contribution is 5.94. The van der Waals surface area contributed by atoms with Gasteiger partial charge in [0.1, 0.15) is 6.33 Å². The van der Waals surface area contributed by atoms with Crippen molar-refractivity contribution in [1.82, 2.24) is 29.5 Å². The summed E-state index contributed by atoms with van der Waals surface area (Å²) in [6, 6.07) is 16.8. The summed E-state index contributed by atoms with van der Waals surface area (Å²) in [5.41, 5.74) is 2.51. The van der Waals surface area contributed by atoms with E-state index in [0.29, 0.717) is 5.56 Å². The number of para-hydroxylation sites is 2. The Morgan fingerprint density at radius 3 is 2.53 bits per heavy atom. The average molecular weight is 436 g/mol. The van der Waals surface area contributed by atoms with Gasteiger partial charge in [-0.25, -0.2) is 4.98 Å². The third kappa shape index (κ3) is 3.55. The second-order valence-electron chi connectivity index (χ2n) is 7.09. The number of nitrogens with zero attached hydrogens (tertiary/aromatic N) is 5. The topological polar surface area (TPSA) is 77.1 Å². The number of amides is 1. The number of hydrogen-bond acceptors (Lipinski definition) is 4. The number of benzene rings is 2. The number of fused-ring (bicyclic) bond motifs is 2. The van der Waals surface area contributed by atoms with Gasteiger partial charge in [-0.1, -0.05) is 12.1 Å². The van der Waals surface area contributed by atoms with Crippen LogP contribution in [0.25, 0.3) is 22.4 Å². The molecule has 5 rings (SSSR count). The Hall–Kier alpha value is -4.21. The van der Waals surface area contributed by atoms with Crippen LogP contribution in [0.4, 0.5) is 13.2 Å². The first-order valence-electron chi connectivity index (χ1n) is 9.62. The molecule has 0 saturated carbocycles. The van der Waals surface area contributed by atoms with Gasteiger partial charge >= 0.3 is 6.18 Å². The van der Waals surface area contributed by atoms with Gasteiger partial charge in [0.15, 0.2) is 11.5 Å². The second-order valence-corrected chi connectivity index (χ2v) is 7.09. The van der Waals surface area contributed by atoms with E-state index in [9.17, 15) is 18.0 Å². The summed E-state index contributed by atoms with van der Waals surface area (Å²) in [7, 11) is 0. The van der Waals surface area contributed by atoms with Gasteiger partial charge in [0.05, 0.1) is 23.1 Å². The smallest absolute Gasteiger partial charge is 0.345 e. The van der Waals surface area contributed by atoms with Crippen LogP contribution < -0.4 is 5.32 Å². The first-order valence-corrected chi connectivity index (χ1v) is 9.62. The number of carbonyl (C=O) groups is 1. The lowest BCUT2D eigenvalue weighted by atomic mass is 10.2. The molecule has 0 radical (unpaired) electrons. The molecule has 10 heteroatoms. The molecule has 3 aromatic heterocycles. The van der Waals surface area contributed by atoms with E-state index in [2.05, 4.69) is 20.5 Å². The summed E-state index contributed by atoms with van der Waals surface area (Å²) in [5.74, 6) is -0.184. The SMILES string of the molecule is O=C(NCc1nnc2ccc(C(F)(F)F)cn12)c1ccc(-n2cnc3ccccc32)cc1. The van der Waals surface area contributed by atoms with Crippen molar-refractivity contribution in [3.8, 4) is 5.69 Å². The largest absolute Gasteiger partial charge is 0.417 e. The Bertz CT molecular complexity index is 1440. The molecule has 0 atom stereocenters. The van der Waals surface area contributed by atoms with E-state index in [1.165, 1.54) is 10.5 Å². The number of hydrogen-bond donors (Lipinski definition) is 1. The highest BCUT2D eigenvalue weighted by atomic mass is 19.4. The van der Waals surface area contributed by atoms with Crippen LogP contribution in [0.1, 0.15) is 21.7 Å². The van der Waals surface area contributed by atoms with Gasteiger partial charge in [0, 0.05) is 17.4 Å². The van der Waals surface area contributed by atoms with Crippen molar-refractivity contribution in [2.45, 2.75) is 12.7 Å². The lowest BCUT2D eigenvalue weighted by molar-refractivity contribution is -0.137. The molecule has 0 aliphatic rings. The highest BCUT2D eigenvalue weighted by Gasteiger charge is 2.31. The third-order valence-corrected chi connectivity index (χ3v) is 5.07. The molecule has 0 spiro atoms. The van der Waals surface area contributed by atoms with E-state index in [4.69, 9.17) is 0 Å². The number of alkyl halides is 3. The summed E-state index contributed by atoms with van der Waals surface area (Å²) >= 11 is 0. The van der Waals surface area contributed by atoms with Gasteiger partial charge in [0.25, 0.3) is 5.91 Å². The molecule has 0 saturated heterocycles. The maximum Gasteiger partial charge on any atom is 0.417 e. The van der Waals surface area contributed by atoms with E-state index in [1.54, 1.807) is 30.6 Å². The first kappa shape index (κ1) is 19.7. The molecular formula is C22H15F3N6O. The molecule has 2 aromatic carbocycles. The molecule has 7 nitrogen and oxygen atoms in total. The fraction of sp³-hybridized carbons (Fsp3) is 0.0909. The standard InChI is InChI=1S/C22H15F3N6O/c23-22(24,25)15-7-10-19-28-29-20(30(19)12-15)11-26-21(32)14-5-8-16(9-6-14)31-13-27-17-3-1-2-4-18(17)31/h1-10,12-13H,11H2,(H,26,32). The van der Waals surface area contributed by atoms with Gasteiger partial charge < -0.3 is 5.32 Å². The molecule has 0 unspecified atom stereocenters. The van der Waals surface area contributed by atoms with E-state index >= 15 is 0 Å². The van der Waals surface area contributed by atoms with Crippen molar-refractivity contribution in [3.05, 3.63) is 90.1 Å². The predicted octanol–water partition coefficient (Wildman–Crippen LogP) is 4.02. The number of nitrogens with one attached hydrogen (secondary N) is 1. The van der Waals surface area contributed by atoms with E-state index < -0.39 is 11.7 Å².